The second kappa shape index (κ2) is 6.23. The van der Waals surface area contributed by atoms with E-state index in [4.69, 9.17) is 9.47 Å². The monoisotopic (exact) mass is 330 g/mol. The summed E-state index contributed by atoms with van der Waals surface area (Å²) < 4.78 is 11.3. The molecule has 0 bridgehead atoms. The minimum absolute atomic E-state index is 0.0170. The predicted molar refractivity (Wildman–Crippen MR) is 91.0 cm³/mol. The van der Waals surface area contributed by atoms with E-state index in [1.807, 2.05) is 20.8 Å². The SMILES string of the molecule is C=C1[C@@H]2[C@H]3OC(=O)[C@H](C)[C@@H]3CCC(=C)[C@@H]2C[C@@H]1OC(=O)C=C(C)C. The molecule has 1 heterocycles. The first kappa shape index (κ1) is 17.0. The van der Waals surface area contributed by atoms with E-state index in [-0.39, 0.29) is 47.8 Å². The van der Waals surface area contributed by atoms with Gasteiger partial charge in [0.25, 0.3) is 0 Å². The summed E-state index contributed by atoms with van der Waals surface area (Å²) in [6.07, 6.45) is 3.53. The number of carbonyl (C=O) groups excluding carboxylic acids is 2. The number of hydrogen-bond donors (Lipinski definition) is 0. The molecule has 2 saturated carbocycles. The fraction of sp³-hybridized carbons (Fsp3) is 0.600. The smallest absolute Gasteiger partial charge is 0.331 e. The third kappa shape index (κ3) is 2.83. The largest absolute Gasteiger partial charge is 0.461 e. The number of fused-ring (bicyclic) bond motifs is 3. The van der Waals surface area contributed by atoms with Crippen LogP contribution in [-0.4, -0.2) is 24.1 Å². The van der Waals surface area contributed by atoms with E-state index < -0.39 is 0 Å². The molecule has 130 valence electrons. The van der Waals surface area contributed by atoms with E-state index in [0.29, 0.717) is 6.42 Å². The van der Waals surface area contributed by atoms with Crippen LogP contribution in [-0.2, 0) is 19.1 Å². The number of rotatable bonds is 2. The van der Waals surface area contributed by atoms with Crippen LogP contribution in [0.5, 0.6) is 0 Å². The molecule has 3 aliphatic rings. The number of esters is 2. The summed E-state index contributed by atoms with van der Waals surface area (Å²) in [5, 5.41) is 0. The summed E-state index contributed by atoms with van der Waals surface area (Å²) in [6, 6.07) is 0. The molecule has 6 atom stereocenters. The summed E-state index contributed by atoms with van der Waals surface area (Å²) in [4.78, 5) is 24.0. The van der Waals surface area contributed by atoms with E-state index in [1.165, 1.54) is 11.6 Å². The third-order valence-corrected chi connectivity index (χ3v) is 5.77. The second-order valence-corrected chi connectivity index (χ2v) is 7.64. The molecule has 2 aliphatic carbocycles. The molecule has 1 aliphatic heterocycles. The Bertz CT molecular complexity index is 626. The van der Waals surface area contributed by atoms with Gasteiger partial charge < -0.3 is 9.47 Å². The summed E-state index contributed by atoms with van der Waals surface area (Å²) >= 11 is 0. The summed E-state index contributed by atoms with van der Waals surface area (Å²) in [5.74, 6) is -0.140. The maximum atomic E-state index is 12.0. The average Bonchev–Trinajstić information content (AvgIpc) is 2.89. The molecule has 1 saturated heterocycles. The lowest BCUT2D eigenvalue weighted by molar-refractivity contribution is -0.145. The van der Waals surface area contributed by atoms with Crippen LogP contribution < -0.4 is 0 Å². The number of carbonyl (C=O) groups is 2. The minimum atomic E-state index is -0.337. The molecule has 3 fully saturated rings. The molecular formula is C20H26O4. The third-order valence-electron chi connectivity index (χ3n) is 5.77. The predicted octanol–water partition coefficient (Wildman–Crippen LogP) is 3.58. The highest BCUT2D eigenvalue weighted by atomic mass is 16.6. The first-order valence-electron chi connectivity index (χ1n) is 8.72. The molecule has 4 heteroatoms. The van der Waals surface area contributed by atoms with Crippen molar-refractivity contribution in [2.24, 2.45) is 23.7 Å². The van der Waals surface area contributed by atoms with Crippen molar-refractivity contribution in [1.82, 2.24) is 0 Å². The Labute approximate surface area is 143 Å². The van der Waals surface area contributed by atoms with Gasteiger partial charge in [-0.15, -0.1) is 0 Å². The lowest BCUT2D eigenvalue weighted by Crippen LogP contribution is -2.30. The number of hydrogen-bond acceptors (Lipinski definition) is 4. The fourth-order valence-electron chi connectivity index (χ4n) is 4.48. The van der Waals surface area contributed by atoms with Gasteiger partial charge in [-0.05, 0) is 44.6 Å². The van der Waals surface area contributed by atoms with Crippen LogP contribution in [0.15, 0.2) is 36.0 Å². The lowest BCUT2D eigenvalue weighted by atomic mass is 9.80. The second-order valence-electron chi connectivity index (χ2n) is 7.64. The van der Waals surface area contributed by atoms with Crippen LogP contribution in [0.4, 0.5) is 0 Å². The van der Waals surface area contributed by atoms with Crippen LogP contribution in [0.2, 0.25) is 0 Å². The van der Waals surface area contributed by atoms with Gasteiger partial charge in [0.15, 0.2) is 0 Å². The molecule has 0 unspecified atom stereocenters. The van der Waals surface area contributed by atoms with Gasteiger partial charge in [-0.1, -0.05) is 31.2 Å². The zero-order valence-corrected chi connectivity index (χ0v) is 14.7. The van der Waals surface area contributed by atoms with Crippen LogP contribution in [0.25, 0.3) is 0 Å². The molecule has 0 aromatic rings. The Morgan fingerprint density at radius 2 is 2.04 bits per heavy atom. The highest BCUT2D eigenvalue weighted by Gasteiger charge is 2.54. The van der Waals surface area contributed by atoms with Crippen molar-refractivity contribution < 1.29 is 19.1 Å². The van der Waals surface area contributed by atoms with E-state index in [1.54, 1.807) is 0 Å². The molecule has 0 radical (unpaired) electrons. The molecule has 24 heavy (non-hydrogen) atoms. The highest BCUT2D eigenvalue weighted by Crippen LogP contribution is 2.52. The van der Waals surface area contributed by atoms with E-state index in [0.717, 1.165) is 24.0 Å². The minimum Gasteiger partial charge on any atom is -0.461 e. The van der Waals surface area contributed by atoms with Crippen molar-refractivity contribution in [3.8, 4) is 0 Å². The van der Waals surface area contributed by atoms with Gasteiger partial charge in [-0.25, -0.2) is 4.79 Å². The average molecular weight is 330 g/mol. The van der Waals surface area contributed by atoms with Crippen LogP contribution >= 0.6 is 0 Å². The van der Waals surface area contributed by atoms with E-state index >= 15 is 0 Å². The Balaban J connectivity index is 1.83. The van der Waals surface area contributed by atoms with Crippen molar-refractivity contribution >= 4 is 11.9 Å². The maximum Gasteiger partial charge on any atom is 0.331 e. The Morgan fingerprint density at radius 1 is 1.33 bits per heavy atom. The van der Waals surface area contributed by atoms with Crippen molar-refractivity contribution in [2.75, 3.05) is 0 Å². The van der Waals surface area contributed by atoms with Crippen molar-refractivity contribution in [1.29, 1.82) is 0 Å². The Hall–Kier alpha value is -1.84. The fourth-order valence-corrected chi connectivity index (χ4v) is 4.48. The quantitative estimate of drug-likeness (QED) is 0.441. The van der Waals surface area contributed by atoms with Gasteiger partial charge in [0.1, 0.15) is 12.2 Å². The van der Waals surface area contributed by atoms with Gasteiger partial charge >= 0.3 is 11.9 Å². The maximum absolute atomic E-state index is 12.0. The molecular weight excluding hydrogens is 304 g/mol. The van der Waals surface area contributed by atoms with Crippen LogP contribution in [0.1, 0.15) is 40.0 Å². The van der Waals surface area contributed by atoms with Crippen molar-refractivity contribution in [2.45, 2.75) is 52.2 Å². The Kier molecular flexibility index (Phi) is 4.41. The van der Waals surface area contributed by atoms with Crippen molar-refractivity contribution in [3.05, 3.63) is 36.0 Å². The molecule has 0 aromatic carbocycles. The van der Waals surface area contributed by atoms with Gasteiger partial charge in [0.05, 0.1) is 5.92 Å². The highest BCUT2D eigenvalue weighted by molar-refractivity contribution is 5.83. The van der Waals surface area contributed by atoms with E-state index in [9.17, 15) is 9.59 Å². The normalized spacial score (nSPS) is 38.0. The Morgan fingerprint density at radius 3 is 2.71 bits per heavy atom. The summed E-state index contributed by atoms with van der Waals surface area (Å²) in [6.45, 7) is 14.1. The van der Waals surface area contributed by atoms with Gasteiger partial charge in [-0.3, -0.25) is 4.79 Å². The molecule has 0 aromatic heterocycles. The number of ether oxygens (including phenoxy) is 2. The summed E-state index contributed by atoms with van der Waals surface area (Å²) in [7, 11) is 0. The van der Waals surface area contributed by atoms with E-state index in [2.05, 4.69) is 13.2 Å². The molecule has 0 amide bonds. The number of allylic oxidation sites excluding steroid dienone is 2. The molecule has 4 nitrogen and oxygen atoms in total. The zero-order valence-electron chi connectivity index (χ0n) is 14.7. The van der Waals surface area contributed by atoms with Crippen LogP contribution in [0.3, 0.4) is 0 Å². The van der Waals surface area contributed by atoms with Gasteiger partial charge in [0, 0.05) is 17.9 Å². The first-order valence-corrected chi connectivity index (χ1v) is 8.72. The molecule has 0 spiro atoms. The first-order chi connectivity index (χ1) is 11.3. The standard InChI is InChI=1S/C20H26O4/c1-10(2)8-17(21)23-16-9-15-11(3)6-7-14-12(4)20(22)24-19(14)18(15)13(16)5/h8,12,14-16,18-19H,3,5-7,9H2,1-2,4H3/t12-,14+,15+,16+,18+,19+/m1/s1. The van der Waals surface area contributed by atoms with Gasteiger partial charge in [0.2, 0.25) is 0 Å². The summed E-state index contributed by atoms with van der Waals surface area (Å²) in [5.41, 5.74) is 2.94. The van der Waals surface area contributed by atoms with Crippen molar-refractivity contribution in [3.63, 3.8) is 0 Å². The topological polar surface area (TPSA) is 52.6 Å². The zero-order chi connectivity index (χ0) is 17.6. The van der Waals surface area contributed by atoms with Crippen LogP contribution in [0, 0.1) is 23.7 Å². The molecule has 3 rings (SSSR count). The van der Waals surface area contributed by atoms with Gasteiger partial charge in [-0.2, -0.15) is 0 Å². The molecule has 0 N–H and O–H groups in total. The lowest BCUT2D eigenvalue weighted by Gasteiger charge is -2.26.